The highest BCUT2D eigenvalue weighted by molar-refractivity contribution is 5.82. The molecule has 0 heterocycles. The molecule has 0 aromatic heterocycles. The van der Waals surface area contributed by atoms with Crippen molar-refractivity contribution < 1.29 is 9.47 Å². The molecular formula is C23H26O2. The molecule has 0 spiro atoms. The van der Waals surface area contributed by atoms with Gasteiger partial charge in [0.1, 0.15) is 12.4 Å². The molecule has 0 atom stereocenters. The molecular weight excluding hydrogens is 308 g/mol. The van der Waals surface area contributed by atoms with E-state index in [1.807, 2.05) is 12.1 Å². The first-order chi connectivity index (χ1) is 12.2. The third-order valence-corrected chi connectivity index (χ3v) is 5.11. The molecule has 0 fully saturated rings. The third kappa shape index (κ3) is 3.69. The maximum atomic E-state index is 6.05. The lowest BCUT2D eigenvalue weighted by Gasteiger charge is -2.31. The van der Waals surface area contributed by atoms with Crippen molar-refractivity contribution in [2.75, 3.05) is 7.11 Å². The molecule has 0 saturated heterocycles. The summed E-state index contributed by atoms with van der Waals surface area (Å²) in [6.07, 6.45) is 1.88. The quantitative estimate of drug-likeness (QED) is 0.521. The Morgan fingerprint density at radius 3 is 2.28 bits per heavy atom. The zero-order valence-corrected chi connectivity index (χ0v) is 15.3. The minimum absolute atomic E-state index is 0.234. The van der Waals surface area contributed by atoms with Crippen LogP contribution in [0.5, 0.6) is 5.75 Å². The maximum Gasteiger partial charge on any atom is 0.120 e. The summed E-state index contributed by atoms with van der Waals surface area (Å²) in [5.74, 6) is 0.883. The highest BCUT2D eigenvalue weighted by Crippen LogP contribution is 2.34. The Hall–Kier alpha value is -2.32. The van der Waals surface area contributed by atoms with E-state index in [1.54, 1.807) is 7.11 Å². The van der Waals surface area contributed by atoms with Crippen LogP contribution >= 0.6 is 0 Å². The largest absolute Gasteiger partial charge is 0.489 e. The minimum Gasteiger partial charge on any atom is -0.489 e. The van der Waals surface area contributed by atoms with Crippen LogP contribution in [0.3, 0.4) is 0 Å². The van der Waals surface area contributed by atoms with Gasteiger partial charge in [-0.05, 0) is 52.9 Å². The van der Waals surface area contributed by atoms with E-state index < -0.39 is 0 Å². The summed E-state index contributed by atoms with van der Waals surface area (Å²) in [6, 6.07) is 23.1. The molecule has 0 aliphatic rings. The maximum absolute atomic E-state index is 6.05. The Labute approximate surface area is 150 Å². The van der Waals surface area contributed by atoms with E-state index in [0.29, 0.717) is 6.61 Å². The Bertz CT molecular complexity index is 826. The molecule has 0 unspecified atom stereocenters. The van der Waals surface area contributed by atoms with Crippen molar-refractivity contribution in [3.8, 4) is 5.75 Å². The first kappa shape index (κ1) is 17.5. The normalized spacial score (nSPS) is 11.6. The second kappa shape index (κ2) is 7.71. The van der Waals surface area contributed by atoms with Crippen molar-refractivity contribution in [1.82, 2.24) is 0 Å². The van der Waals surface area contributed by atoms with Crippen LogP contribution in [0.15, 0.2) is 66.7 Å². The van der Waals surface area contributed by atoms with Gasteiger partial charge >= 0.3 is 0 Å². The second-order valence-electron chi connectivity index (χ2n) is 6.40. The van der Waals surface area contributed by atoms with Gasteiger partial charge in [0.25, 0.3) is 0 Å². The van der Waals surface area contributed by atoms with Crippen molar-refractivity contribution in [3.05, 3.63) is 77.9 Å². The number of rotatable bonds is 7. The van der Waals surface area contributed by atoms with Crippen LogP contribution in [0.1, 0.15) is 37.8 Å². The second-order valence-corrected chi connectivity index (χ2v) is 6.40. The molecule has 0 amide bonds. The van der Waals surface area contributed by atoms with Gasteiger partial charge in [0, 0.05) is 7.11 Å². The predicted molar refractivity (Wildman–Crippen MR) is 104 cm³/mol. The monoisotopic (exact) mass is 334 g/mol. The summed E-state index contributed by atoms with van der Waals surface area (Å²) in [5, 5.41) is 2.50. The highest BCUT2D eigenvalue weighted by Gasteiger charge is 2.28. The summed E-state index contributed by atoms with van der Waals surface area (Å²) in [6.45, 7) is 4.89. The zero-order valence-electron chi connectivity index (χ0n) is 15.3. The fourth-order valence-corrected chi connectivity index (χ4v) is 3.43. The van der Waals surface area contributed by atoms with E-state index in [2.05, 4.69) is 68.4 Å². The van der Waals surface area contributed by atoms with E-state index in [1.165, 1.54) is 21.9 Å². The molecule has 3 aromatic carbocycles. The standard InChI is InChI=1S/C23H26O2/c1-4-23(5-2,24-3)21-11-8-12-22(16-21)25-17-18-13-14-19-9-6-7-10-20(19)15-18/h6-16H,4-5,17H2,1-3H3. The summed E-state index contributed by atoms with van der Waals surface area (Å²) in [5.41, 5.74) is 2.12. The fraction of sp³-hybridized carbons (Fsp3) is 0.304. The minimum atomic E-state index is -0.234. The lowest BCUT2D eigenvalue weighted by molar-refractivity contribution is -0.0219. The van der Waals surface area contributed by atoms with Crippen molar-refractivity contribution >= 4 is 10.8 Å². The number of methoxy groups -OCH3 is 1. The Balaban J connectivity index is 1.77. The van der Waals surface area contributed by atoms with E-state index in [4.69, 9.17) is 9.47 Å². The molecule has 0 saturated carbocycles. The number of benzene rings is 3. The van der Waals surface area contributed by atoms with Crippen LogP contribution in [-0.2, 0) is 16.9 Å². The van der Waals surface area contributed by atoms with Crippen LogP contribution in [0, 0.1) is 0 Å². The first-order valence-electron chi connectivity index (χ1n) is 8.97. The van der Waals surface area contributed by atoms with Gasteiger partial charge in [-0.15, -0.1) is 0 Å². The molecule has 3 aromatic rings. The molecule has 0 bridgehead atoms. The predicted octanol–water partition coefficient (Wildman–Crippen LogP) is 6.08. The first-order valence-corrected chi connectivity index (χ1v) is 8.97. The van der Waals surface area contributed by atoms with E-state index in [0.717, 1.165) is 18.6 Å². The van der Waals surface area contributed by atoms with E-state index >= 15 is 0 Å². The molecule has 0 N–H and O–H groups in total. The number of fused-ring (bicyclic) bond motifs is 1. The van der Waals surface area contributed by atoms with Crippen molar-refractivity contribution in [2.24, 2.45) is 0 Å². The van der Waals surface area contributed by atoms with Crippen LogP contribution in [0.4, 0.5) is 0 Å². The van der Waals surface area contributed by atoms with E-state index in [9.17, 15) is 0 Å². The lowest BCUT2D eigenvalue weighted by Crippen LogP contribution is -2.26. The number of hydrogen-bond donors (Lipinski definition) is 0. The third-order valence-electron chi connectivity index (χ3n) is 5.11. The molecule has 3 rings (SSSR count). The van der Waals surface area contributed by atoms with Gasteiger partial charge in [0.15, 0.2) is 0 Å². The van der Waals surface area contributed by atoms with Crippen molar-refractivity contribution in [1.29, 1.82) is 0 Å². The van der Waals surface area contributed by atoms with Gasteiger partial charge in [-0.1, -0.05) is 62.4 Å². The summed E-state index contributed by atoms with van der Waals surface area (Å²) < 4.78 is 11.9. The molecule has 2 nitrogen and oxygen atoms in total. The van der Waals surface area contributed by atoms with Gasteiger partial charge < -0.3 is 9.47 Å². The van der Waals surface area contributed by atoms with Gasteiger partial charge in [0.05, 0.1) is 5.60 Å². The van der Waals surface area contributed by atoms with Crippen LogP contribution in [-0.4, -0.2) is 7.11 Å². The van der Waals surface area contributed by atoms with Gasteiger partial charge in [-0.2, -0.15) is 0 Å². The molecule has 25 heavy (non-hydrogen) atoms. The molecule has 0 aliphatic carbocycles. The van der Waals surface area contributed by atoms with Crippen LogP contribution < -0.4 is 4.74 Å². The lowest BCUT2D eigenvalue weighted by atomic mass is 9.88. The Morgan fingerprint density at radius 1 is 0.800 bits per heavy atom. The van der Waals surface area contributed by atoms with Crippen LogP contribution in [0.2, 0.25) is 0 Å². The SMILES string of the molecule is CCC(CC)(OC)c1cccc(OCc2ccc3ccccc3c2)c1. The van der Waals surface area contributed by atoms with Crippen molar-refractivity contribution in [3.63, 3.8) is 0 Å². The number of ether oxygens (including phenoxy) is 2. The smallest absolute Gasteiger partial charge is 0.120 e. The summed E-state index contributed by atoms with van der Waals surface area (Å²) >= 11 is 0. The molecule has 0 aliphatic heterocycles. The van der Waals surface area contributed by atoms with Gasteiger partial charge in [-0.25, -0.2) is 0 Å². The average molecular weight is 334 g/mol. The zero-order chi connectivity index (χ0) is 17.7. The molecule has 2 heteroatoms. The Kier molecular flexibility index (Phi) is 5.40. The average Bonchev–Trinajstić information content (AvgIpc) is 2.68. The van der Waals surface area contributed by atoms with Crippen LogP contribution in [0.25, 0.3) is 10.8 Å². The topological polar surface area (TPSA) is 18.5 Å². The van der Waals surface area contributed by atoms with Gasteiger partial charge in [-0.3, -0.25) is 0 Å². The molecule has 0 radical (unpaired) electrons. The summed E-state index contributed by atoms with van der Waals surface area (Å²) in [7, 11) is 1.79. The Morgan fingerprint density at radius 2 is 1.56 bits per heavy atom. The number of hydrogen-bond acceptors (Lipinski definition) is 2. The van der Waals surface area contributed by atoms with E-state index in [-0.39, 0.29) is 5.60 Å². The summed E-state index contributed by atoms with van der Waals surface area (Å²) in [4.78, 5) is 0. The highest BCUT2D eigenvalue weighted by atomic mass is 16.5. The molecule has 130 valence electrons. The fourth-order valence-electron chi connectivity index (χ4n) is 3.43. The van der Waals surface area contributed by atoms with Gasteiger partial charge in [0.2, 0.25) is 0 Å². The van der Waals surface area contributed by atoms with Crippen molar-refractivity contribution in [2.45, 2.75) is 38.9 Å².